The second-order valence-electron chi connectivity index (χ2n) is 4.21. The molecular formula is C14H12ClN3OS. The third-order valence-electron chi connectivity index (χ3n) is 2.93. The molecule has 4 nitrogen and oxygen atoms in total. The first-order valence-electron chi connectivity index (χ1n) is 6.12. The maximum atomic E-state index is 8.95. The number of aliphatic hydroxyl groups excluding tert-OH is 1. The van der Waals surface area contributed by atoms with Crippen LogP contribution in [0.3, 0.4) is 0 Å². The summed E-state index contributed by atoms with van der Waals surface area (Å²) in [5, 5.41) is 15.8. The summed E-state index contributed by atoms with van der Waals surface area (Å²) in [4.78, 5) is 9.48. The zero-order valence-electron chi connectivity index (χ0n) is 10.5. The van der Waals surface area contributed by atoms with Crippen LogP contribution in [-0.4, -0.2) is 28.2 Å². The van der Waals surface area contributed by atoms with Crippen LogP contribution in [0.25, 0.3) is 21.3 Å². The predicted molar refractivity (Wildman–Crippen MR) is 83.4 cm³/mol. The van der Waals surface area contributed by atoms with Gasteiger partial charge in [-0.05, 0) is 17.7 Å². The number of halogens is 1. The molecule has 0 spiro atoms. The Bertz CT molecular complexity index is 727. The lowest BCUT2D eigenvalue weighted by Gasteiger charge is -2.07. The number of fused-ring (bicyclic) bond motifs is 1. The number of hydrogen-bond acceptors (Lipinski definition) is 5. The first-order chi connectivity index (χ1) is 9.79. The number of benzene rings is 1. The van der Waals surface area contributed by atoms with Crippen LogP contribution in [-0.2, 0) is 0 Å². The van der Waals surface area contributed by atoms with Crippen molar-refractivity contribution in [3.63, 3.8) is 0 Å². The van der Waals surface area contributed by atoms with Crippen molar-refractivity contribution in [1.29, 1.82) is 0 Å². The highest BCUT2D eigenvalue weighted by molar-refractivity contribution is 7.17. The lowest BCUT2D eigenvalue weighted by Crippen LogP contribution is -2.07. The number of thiophene rings is 1. The Balaban J connectivity index is 2.13. The van der Waals surface area contributed by atoms with Crippen molar-refractivity contribution in [3.8, 4) is 11.1 Å². The number of aromatic nitrogens is 2. The number of nitrogens with one attached hydrogen (secondary N) is 1. The molecule has 3 rings (SSSR count). The summed E-state index contributed by atoms with van der Waals surface area (Å²) in [6.07, 6.45) is 1.53. The maximum Gasteiger partial charge on any atom is 0.138 e. The Hall–Kier alpha value is -1.69. The summed E-state index contributed by atoms with van der Waals surface area (Å²) in [6, 6.07) is 7.69. The summed E-state index contributed by atoms with van der Waals surface area (Å²) >= 11 is 7.50. The molecular weight excluding hydrogens is 294 g/mol. The van der Waals surface area contributed by atoms with Gasteiger partial charge >= 0.3 is 0 Å². The number of aliphatic hydroxyl groups is 1. The highest BCUT2D eigenvalue weighted by Gasteiger charge is 2.12. The molecule has 3 aromatic rings. The molecule has 1 aromatic carbocycles. The van der Waals surface area contributed by atoms with E-state index in [2.05, 4.69) is 20.7 Å². The normalized spacial score (nSPS) is 10.9. The van der Waals surface area contributed by atoms with Crippen molar-refractivity contribution in [3.05, 3.63) is 41.0 Å². The minimum atomic E-state index is 0.0614. The highest BCUT2D eigenvalue weighted by atomic mass is 35.5. The van der Waals surface area contributed by atoms with Gasteiger partial charge < -0.3 is 10.4 Å². The van der Waals surface area contributed by atoms with Crippen molar-refractivity contribution in [2.24, 2.45) is 0 Å². The van der Waals surface area contributed by atoms with Crippen molar-refractivity contribution in [2.45, 2.75) is 0 Å². The van der Waals surface area contributed by atoms with E-state index in [1.54, 1.807) is 11.3 Å². The second-order valence-corrected chi connectivity index (χ2v) is 5.50. The summed E-state index contributed by atoms with van der Waals surface area (Å²) < 4.78 is 0. The van der Waals surface area contributed by atoms with Gasteiger partial charge in [0.15, 0.2) is 0 Å². The van der Waals surface area contributed by atoms with E-state index >= 15 is 0 Å². The molecule has 0 atom stereocenters. The summed E-state index contributed by atoms with van der Waals surface area (Å²) in [6.45, 7) is 0.522. The number of nitrogens with zero attached hydrogens (tertiary/aromatic N) is 2. The van der Waals surface area contributed by atoms with Crippen LogP contribution in [0.4, 0.5) is 5.82 Å². The van der Waals surface area contributed by atoms with Crippen molar-refractivity contribution in [1.82, 2.24) is 9.97 Å². The van der Waals surface area contributed by atoms with Gasteiger partial charge in [0, 0.05) is 22.5 Å². The Morgan fingerprint density at radius 3 is 2.75 bits per heavy atom. The van der Waals surface area contributed by atoms with E-state index in [9.17, 15) is 0 Å². The predicted octanol–water partition coefficient (Wildman–Crippen LogP) is 3.42. The van der Waals surface area contributed by atoms with Gasteiger partial charge in [-0.25, -0.2) is 9.97 Å². The Kier molecular flexibility index (Phi) is 3.82. The lowest BCUT2D eigenvalue weighted by atomic mass is 10.1. The van der Waals surface area contributed by atoms with Gasteiger partial charge in [0.05, 0.1) is 12.0 Å². The molecule has 0 amide bonds. The van der Waals surface area contributed by atoms with Gasteiger partial charge in [0.2, 0.25) is 0 Å². The highest BCUT2D eigenvalue weighted by Crippen LogP contribution is 2.36. The topological polar surface area (TPSA) is 58.0 Å². The zero-order chi connectivity index (χ0) is 13.9. The fourth-order valence-electron chi connectivity index (χ4n) is 2.03. The number of hydrogen-bond donors (Lipinski definition) is 2. The van der Waals surface area contributed by atoms with Gasteiger partial charge in [-0.15, -0.1) is 11.3 Å². The van der Waals surface area contributed by atoms with Crippen LogP contribution in [0.5, 0.6) is 0 Å². The van der Waals surface area contributed by atoms with Gasteiger partial charge in [0.1, 0.15) is 17.0 Å². The molecule has 0 aliphatic heterocycles. The Morgan fingerprint density at radius 2 is 2.00 bits per heavy atom. The molecule has 2 N–H and O–H groups in total. The van der Waals surface area contributed by atoms with Crippen molar-refractivity contribution < 1.29 is 5.11 Å². The van der Waals surface area contributed by atoms with E-state index in [-0.39, 0.29) is 6.61 Å². The van der Waals surface area contributed by atoms with Crippen molar-refractivity contribution >= 4 is 39.0 Å². The molecule has 0 unspecified atom stereocenters. The van der Waals surface area contributed by atoms with Gasteiger partial charge in [-0.1, -0.05) is 23.7 Å². The van der Waals surface area contributed by atoms with E-state index in [4.69, 9.17) is 16.7 Å². The SMILES string of the molecule is OCCNc1ncnc2scc(-c3ccc(Cl)cc3)c12. The molecule has 102 valence electrons. The average molecular weight is 306 g/mol. The minimum absolute atomic E-state index is 0.0614. The first-order valence-corrected chi connectivity index (χ1v) is 7.38. The lowest BCUT2D eigenvalue weighted by molar-refractivity contribution is 0.311. The Labute approximate surface area is 125 Å². The third kappa shape index (κ3) is 2.47. The maximum absolute atomic E-state index is 8.95. The smallest absolute Gasteiger partial charge is 0.138 e. The third-order valence-corrected chi connectivity index (χ3v) is 4.07. The van der Waals surface area contributed by atoms with Gasteiger partial charge in [-0.2, -0.15) is 0 Å². The molecule has 20 heavy (non-hydrogen) atoms. The number of rotatable bonds is 4. The van der Waals surface area contributed by atoms with Crippen LogP contribution in [0, 0.1) is 0 Å². The van der Waals surface area contributed by atoms with E-state index in [0.717, 1.165) is 27.2 Å². The molecule has 0 radical (unpaired) electrons. The monoisotopic (exact) mass is 305 g/mol. The fraction of sp³-hybridized carbons (Fsp3) is 0.143. The molecule has 2 aromatic heterocycles. The molecule has 0 aliphatic carbocycles. The van der Waals surface area contributed by atoms with Crippen LogP contribution < -0.4 is 5.32 Å². The molecule has 6 heteroatoms. The first kappa shape index (κ1) is 13.3. The zero-order valence-corrected chi connectivity index (χ0v) is 12.1. The molecule has 0 fully saturated rings. The second kappa shape index (κ2) is 5.75. The summed E-state index contributed by atoms with van der Waals surface area (Å²) in [7, 11) is 0. The van der Waals surface area contributed by atoms with Crippen LogP contribution in [0.15, 0.2) is 36.0 Å². The Morgan fingerprint density at radius 1 is 1.20 bits per heavy atom. The largest absolute Gasteiger partial charge is 0.395 e. The molecule has 0 saturated heterocycles. The average Bonchev–Trinajstić information content (AvgIpc) is 2.90. The van der Waals surface area contributed by atoms with Crippen LogP contribution in [0.2, 0.25) is 5.02 Å². The minimum Gasteiger partial charge on any atom is -0.395 e. The quantitative estimate of drug-likeness (QED) is 0.775. The number of anilines is 1. The van der Waals surface area contributed by atoms with E-state index in [1.807, 2.05) is 24.3 Å². The van der Waals surface area contributed by atoms with Gasteiger partial charge in [0.25, 0.3) is 0 Å². The van der Waals surface area contributed by atoms with E-state index < -0.39 is 0 Å². The summed E-state index contributed by atoms with van der Waals surface area (Å²) in [5.74, 6) is 0.746. The van der Waals surface area contributed by atoms with E-state index in [1.165, 1.54) is 6.33 Å². The standard InChI is InChI=1S/C14H12ClN3OS/c15-10-3-1-9(2-4-10)11-7-20-14-12(11)13(16-5-6-19)17-8-18-14/h1-4,7-8,19H,5-6H2,(H,16,17,18). The van der Waals surface area contributed by atoms with Crippen molar-refractivity contribution in [2.75, 3.05) is 18.5 Å². The summed E-state index contributed by atoms with van der Waals surface area (Å²) in [5.41, 5.74) is 2.14. The van der Waals surface area contributed by atoms with Crippen LogP contribution in [0.1, 0.15) is 0 Å². The molecule has 0 bridgehead atoms. The molecule has 0 saturated carbocycles. The molecule has 0 aliphatic rings. The fourth-order valence-corrected chi connectivity index (χ4v) is 3.07. The van der Waals surface area contributed by atoms with Crippen LogP contribution >= 0.6 is 22.9 Å². The van der Waals surface area contributed by atoms with E-state index in [0.29, 0.717) is 11.6 Å². The van der Waals surface area contributed by atoms with Gasteiger partial charge in [-0.3, -0.25) is 0 Å². The molecule has 2 heterocycles.